The summed E-state index contributed by atoms with van der Waals surface area (Å²) in [6.45, 7) is 11.2. The maximum Gasteiger partial charge on any atom is 0.260 e. The third-order valence-electron chi connectivity index (χ3n) is 2.70. The number of rotatable bonds is 6. The minimum absolute atomic E-state index is 0.118. The molecule has 104 valence electrons. The third kappa shape index (κ3) is 3.74. The molecule has 4 heteroatoms. The first-order valence-corrected chi connectivity index (χ1v) is 6.46. The summed E-state index contributed by atoms with van der Waals surface area (Å²) in [5.41, 5.74) is 7.74. The van der Waals surface area contributed by atoms with E-state index in [0.29, 0.717) is 36.7 Å². The molecule has 0 bridgehead atoms. The summed E-state index contributed by atoms with van der Waals surface area (Å²) >= 11 is 0. The molecule has 4 nitrogen and oxygen atoms in total. The highest BCUT2D eigenvalue weighted by Gasteiger charge is 2.21. The number of amides is 1. The Balaban J connectivity index is 3.12. The van der Waals surface area contributed by atoms with Gasteiger partial charge in [-0.05, 0) is 32.9 Å². The number of hydrogen-bond donors (Lipinski definition) is 1. The van der Waals surface area contributed by atoms with Gasteiger partial charge in [-0.15, -0.1) is 0 Å². The van der Waals surface area contributed by atoms with Crippen LogP contribution < -0.4 is 10.5 Å². The molecule has 1 aromatic carbocycles. The number of carbonyl (C=O) groups is 1. The molecule has 0 radical (unpaired) electrons. The van der Waals surface area contributed by atoms with E-state index in [2.05, 4.69) is 6.58 Å². The molecule has 1 aromatic rings. The van der Waals surface area contributed by atoms with Crippen molar-refractivity contribution in [3.05, 3.63) is 35.9 Å². The fourth-order valence-corrected chi connectivity index (χ4v) is 1.86. The number of nitrogens with two attached hydrogens (primary N) is 1. The lowest BCUT2D eigenvalue weighted by atomic mass is 10.1. The molecular formula is C15H22N2O2. The van der Waals surface area contributed by atoms with Gasteiger partial charge >= 0.3 is 0 Å². The molecule has 0 unspecified atom stereocenters. The Kier molecular flexibility index (Phi) is 5.42. The highest BCUT2D eigenvalue weighted by Crippen LogP contribution is 2.26. The minimum Gasteiger partial charge on any atom is -0.493 e. The molecular weight excluding hydrogens is 240 g/mol. The van der Waals surface area contributed by atoms with Gasteiger partial charge in [-0.1, -0.05) is 18.2 Å². The SMILES string of the molecule is C=C(C)CN(CC)C(=O)c1c(N)cccc1OCC. The summed E-state index contributed by atoms with van der Waals surface area (Å²) in [4.78, 5) is 14.3. The number of likely N-dealkylation sites (N-methyl/N-ethyl adjacent to an activating group) is 1. The first-order chi connectivity index (χ1) is 9.01. The van der Waals surface area contributed by atoms with Crippen molar-refractivity contribution < 1.29 is 9.53 Å². The van der Waals surface area contributed by atoms with E-state index >= 15 is 0 Å². The molecule has 0 saturated heterocycles. The average Bonchev–Trinajstić information content (AvgIpc) is 2.35. The van der Waals surface area contributed by atoms with Crippen LogP contribution in [0.1, 0.15) is 31.1 Å². The van der Waals surface area contributed by atoms with Crippen LogP contribution in [0.2, 0.25) is 0 Å². The first kappa shape index (κ1) is 15.1. The van der Waals surface area contributed by atoms with Crippen molar-refractivity contribution in [2.24, 2.45) is 0 Å². The lowest BCUT2D eigenvalue weighted by Gasteiger charge is -2.23. The van der Waals surface area contributed by atoms with Gasteiger partial charge in [-0.25, -0.2) is 0 Å². The molecule has 1 rings (SSSR count). The number of carbonyl (C=O) groups excluding carboxylic acids is 1. The quantitative estimate of drug-likeness (QED) is 0.633. The van der Waals surface area contributed by atoms with Gasteiger partial charge in [0.2, 0.25) is 0 Å². The fraction of sp³-hybridized carbons (Fsp3) is 0.400. The van der Waals surface area contributed by atoms with Crippen LogP contribution in [0, 0.1) is 0 Å². The third-order valence-corrected chi connectivity index (χ3v) is 2.70. The number of nitrogen functional groups attached to an aromatic ring is 1. The van der Waals surface area contributed by atoms with E-state index in [4.69, 9.17) is 10.5 Å². The van der Waals surface area contributed by atoms with Crippen LogP contribution in [0.25, 0.3) is 0 Å². The molecule has 0 heterocycles. The molecule has 0 aliphatic rings. The number of ether oxygens (including phenoxy) is 1. The average molecular weight is 262 g/mol. The van der Waals surface area contributed by atoms with Crippen LogP contribution in [0.4, 0.5) is 5.69 Å². The second kappa shape index (κ2) is 6.83. The molecule has 0 saturated carbocycles. The van der Waals surface area contributed by atoms with Crippen LogP contribution in [-0.4, -0.2) is 30.5 Å². The van der Waals surface area contributed by atoms with Gasteiger partial charge in [0.15, 0.2) is 0 Å². The van der Waals surface area contributed by atoms with Gasteiger partial charge in [-0.3, -0.25) is 4.79 Å². The van der Waals surface area contributed by atoms with E-state index < -0.39 is 0 Å². The van der Waals surface area contributed by atoms with Crippen molar-refractivity contribution in [3.8, 4) is 5.75 Å². The molecule has 0 aliphatic heterocycles. The topological polar surface area (TPSA) is 55.6 Å². The number of nitrogens with zero attached hydrogens (tertiary/aromatic N) is 1. The smallest absolute Gasteiger partial charge is 0.260 e. The Morgan fingerprint density at radius 1 is 1.42 bits per heavy atom. The van der Waals surface area contributed by atoms with Gasteiger partial charge in [0, 0.05) is 18.8 Å². The van der Waals surface area contributed by atoms with E-state index in [1.54, 1.807) is 23.1 Å². The molecule has 0 aliphatic carbocycles. The zero-order chi connectivity index (χ0) is 14.4. The maximum absolute atomic E-state index is 12.6. The monoisotopic (exact) mass is 262 g/mol. The summed E-state index contributed by atoms with van der Waals surface area (Å²) < 4.78 is 5.49. The minimum atomic E-state index is -0.118. The fourth-order valence-electron chi connectivity index (χ4n) is 1.86. The van der Waals surface area contributed by atoms with Gasteiger partial charge in [-0.2, -0.15) is 0 Å². The first-order valence-electron chi connectivity index (χ1n) is 6.46. The van der Waals surface area contributed by atoms with E-state index in [9.17, 15) is 4.79 Å². The molecule has 0 fully saturated rings. The van der Waals surface area contributed by atoms with Crippen molar-refractivity contribution in [1.29, 1.82) is 0 Å². The van der Waals surface area contributed by atoms with Crippen molar-refractivity contribution in [3.63, 3.8) is 0 Å². The molecule has 2 N–H and O–H groups in total. The second-order valence-electron chi connectivity index (χ2n) is 4.43. The predicted octanol–water partition coefficient (Wildman–Crippen LogP) is 2.71. The molecule has 0 atom stereocenters. The zero-order valence-corrected chi connectivity index (χ0v) is 11.9. The van der Waals surface area contributed by atoms with Gasteiger partial charge in [0.25, 0.3) is 5.91 Å². The van der Waals surface area contributed by atoms with Crippen LogP contribution in [-0.2, 0) is 0 Å². The van der Waals surface area contributed by atoms with Gasteiger partial charge < -0.3 is 15.4 Å². The van der Waals surface area contributed by atoms with Gasteiger partial charge in [0.1, 0.15) is 11.3 Å². The Morgan fingerprint density at radius 3 is 2.63 bits per heavy atom. The Bertz CT molecular complexity index is 469. The Morgan fingerprint density at radius 2 is 2.11 bits per heavy atom. The Labute approximate surface area is 114 Å². The van der Waals surface area contributed by atoms with Gasteiger partial charge in [0.05, 0.1) is 6.61 Å². The number of benzene rings is 1. The van der Waals surface area contributed by atoms with E-state index in [1.165, 1.54) is 0 Å². The molecule has 19 heavy (non-hydrogen) atoms. The summed E-state index contributed by atoms with van der Waals surface area (Å²) in [5, 5.41) is 0. The van der Waals surface area contributed by atoms with Crippen LogP contribution >= 0.6 is 0 Å². The van der Waals surface area contributed by atoms with Crippen LogP contribution in [0.3, 0.4) is 0 Å². The van der Waals surface area contributed by atoms with E-state index in [0.717, 1.165) is 5.57 Å². The summed E-state index contributed by atoms with van der Waals surface area (Å²) in [5.74, 6) is 0.416. The summed E-state index contributed by atoms with van der Waals surface area (Å²) in [7, 11) is 0. The second-order valence-corrected chi connectivity index (χ2v) is 4.43. The van der Waals surface area contributed by atoms with Crippen molar-refractivity contribution in [2.45, 2.75) is 20.8 Å². The zero-order valence-electron chi connectivity index (χ0n) is 11.9. The van der Waals surface area contributed by atoms with Crippen LogP contribution in [0.15, 0.2) is 30.4 Å². The highest BCUT2D eigenvalue weighted by atomic mass is 16.5. The Hall–Kier alpha value is -1.97. The summed E-state index contributed by atoms with van der Waals surface area (Å²) in [6, 6.07) is 5.26. The van der Waals surface area contributed by atoms with Crippen molar-refractivity contribution in [1.82, 2.24) is 4.90 Å². The molecule has 1 amide bonds. The standard InChI is InChI=1S/C15H22N2O2/c1-5-17(10-11(3)4)15(18)14-12(16)8-7-9-13(14)19-6-2/h7-9H,3,5-6,10,16H2,1-2,4H3. The molecule has 0 spiro atoms. The maximum atomic E-state index is 12.6. The number of anilines is 1. The lowest BCUT2D eigenvalue weighted by molar-refractivity contribution is 0.0775. The van der Waals surface area contributed by atoms with Crippen molar-refractivity contribution >= 4 is 11.6 Å². The normalized spacial score (nSPS) is 10.1. The highest BCUT2D eigenvalue weighted by molar-refractivity contribution is 6.02. The lowest BCUT2D eigenvalue weighted by Crippen LogP contribution is -2.33. The largest absolute Gasteiger partial charge is 0.493 e. The number of hydrogen-bond acceptors (Lipinski definition) is 3. The van der Waals surface area contributed by atoms with Crippen molar-refractivity contribution in [2.75, 3.05) is 25.4 Å². The molecule has 0 aromatic heterocycles. The van der Waals surface area contributed by atoms with Crippen LogP contribution in [0.5, 0.6) is 5.75 Å². The van der Waals surface area contributed by atoms with E-state index in [-0.39, 0.29) is 5.91 Å². The summed E-state index contributed by atoms with van der Waals surface area (Å²) in [6.07, 6.45) is 0. The van der Waals surface area contributed by atoms with E-state index in [1.807, 2.05) is 20.8 Å². The predicted molar refractivity (Wildman–Crippen MR) is 78.4 cm³/mol.